The van der Waals surface area contributed by atoms with Crippen LogP contribution in [0.15, 0.2) is 60.9 Å². The Morgan fingerprint density at radius 3 is 2.50 bits per heavy atom. The number of halogens is 1. The molecule has 2 aromatic carbocycles. The molecule has 0 fully saturated rings. The fourth-order valence-electron chi connectivity index (χ4n) is 3.66. The van der Waals surface area contributed by atoms with Crippen molar-refractivity contribution in [2.45, 2.75) is 26.7 Å². The summed E-state index contributed by atoms with van der Waals surface area (Å²) >= 11 is -2.36. The zero-order valence-electron chi connectivity index (χ0n) is 16.8. The summed E-state index contributed by atoms with van der Waals surface area (Å²) in [6.45, 7) is 4.31. The smallest absolute Gasteiger partial charge is 0.137 e. The number of hydrogen-bond acceptors (Lipinski definition) is 3. The van der Waals surface area contributed by atoms with Gasteiger partial charge in [0.2, 0.25) is 0 Å². The van der Waals surface area contributed by atoms with Gasteiger partial charge in [-0.3, -0.25) is 9.35 Å². The van der Waals surface area contributed by atoms with Crippen molar-refractivity contribution < 1.29 is 13.2 Å². The maximum Gasteiger partial charge on any atom is 0.137 e. The lowest BCUT2D eigenvalue weighted by atomic mass is 9.91. The Kier molecular flexibility index (Phi) is 7.10. The summed E-state index contributed by atoms with van der Waals surface area (Å²) in [6, 6.07) is 15.7. The van der Waals surface area contributed by atoms with Crippen LogP contribution in [-0.4, -0.2) is 18.7 Å². The highest BCUT2D eigenvalue weighted by molar-refractivity contribution is 7.76. The predicted molar refractivity (Wildman–Crippen MR) is 119 cm³/mol. The zero-order valence-corrected chi connectivity index (χ0v) is 17.6. The minimum absolute atomic E-state index is 0.219. The number of hydrogen-bond donors (Lipinski definition) is 2. The van der Waals surface area contributed by atoms with E-state index in [-0.39, 0.29) is 5.82 Å². The van der Waals surface area contributed by atoms with Crippen LogP contribution >= 0.6 is 0 Å². The van der Waals surface area contributed by atoms with Gasteiger partial charge in [-0.15, -0.1) is 0 Å². The van der Waals surface area contributed by atoms with E-state index in [4.69, 9.17) is 8.76 Å². The van der Waals surface area contributed by atoms with Gasteiger partial charge in [0.1, 0.15) is 11.5 Å². The van der Waals surface area contributed by atoms with E-state index in [1.54, 1.807) is 12.3 Å². The minimum Gasteiger partial charge on any atom is -0.760 e. The van der Waals surface area contributed by atoms with Gasteiger partial charge >= 0.3 is 0 Å². The van der Waals surface area contributed by atoms with Crippen LogP contribution in [0.3, 0.4) is 0 Å². The summed E-state index contributed by atoms with van der Waals surface area (Å²) in [5, 5.41) is 5.01. The summed E-state index contributed by atoms with van der Waals surface area (Å²) in [4.78, 5) is 7.43. The van der Waals surface area contributed by atoms with Crippen LogP contribution in [0.25, 0.3) is 33.3 Å². The molecule has 0 aliphatic heterocycles. The van der Waals surface area contributed by atoms with E-state index in [1.165, 1.54) is 11.1 Å². The average molecular weight is 425 g/mol. The summed E-state index contributed by atoms with van der Waals surface area (Å²) in [6.07, 6.45) is 5.48. The van der Waals surface area contributed by atoms with Crippen LogP contribution in [0.1, 0.15) is 25.0 Å². The molecule has 0 bridgehead atoms. The van der Waals surface area contributed by atoms with Gasteiger partial charge in [-0.05, 0) is 53.3 Å². The second-order valence-electron chi connectivity index (χ2n) is 6.74. The first-order chi connectivity index (χ1) is 14.4. The molecule has 0 saturated heterocycles. The molecule has 0 spiro atoms. The second kappa shape index (κ2) is 9.75. The number of nitrogens with one attached hydrogen (secondary N) is 1. The maximum absolute atomic E-state index is 14.9. The molecule has 7 heteroatoms. The highest BCUT2D eigenvalue weighted by Crippen LogP contribution is 2.32. The van der Waals surface area contributed by atoms with Crippen molar-refractivity contribution in [1.29, 1.82) is 0 Å². The molecular weight excluding hydrogens is 401 g/mol. The number of H-pyrrole nitrogens is 1. The predicted octanol–water partition coefficient (Wildman–Crippen LogP) is 4.90. The molecule has 0 amide bonds. The van der Waals surface area contributed by atoms with Crippen LogP contribution in [0, 0.1) is 5.82 Å². The van der Waals surface area contributed by atoms with E-state index in [0.717, 1.165) is 40.6 Å². The topological polar surface area (TPSA) is 94.8 Å². The molecule has 0 aliphatic rings. The SMILES string of the molecule is CCc1cccc(-c2ccc(-c3cnc4[nH]ccc4c3)c(F)c2)c1CC.NS(=O)[O-]. The standard InChI is InChI=1S/C23H21FN2.H3NO2S/c1-3-15-6-5-7-20(19(15)4-2)16-8-9-21(22(24)13-16)18-12-17-10-11-25-23(17)26-14-18;1-4(2)3/h5-14H,3-4H2,1-2H3,(H,25,26);1H2,(H,2,3)/p-1. The van der Waals surface area contributed by atoms with Crippen LogP contribution < -0.4 is 5.14 Å². The van der Waals surface area contributed by atoms with Crippen LogP contribution in [-0.2, 0) is 24.1 Å². The molecule has 30 heavy (non-hydrogen) atoms. The van der Waals surface area contributed by atoms with Gasteiger partial charge in [0, 0.05) is 40.2 Å². The van der Waals surface area contributed by atoms with E-state index in [9.17, 15) is 4.39 Å². The average Bonchev–Trinajstić information content (AvgIpc) is 3.20. The Hall–Kier alpha value is -2.87. The molecule has 3 N–H and O–H groups in total. The molecule has 5 nitrogen and oxygen atoms in total. The number of aromatic amines is 1. The number of benzene rings is 2. The number of nitrogens with zero attached hydrogens (tertiary/aromatic N) is 1. The summed E-state index contributed by atoms with van der Waals surface area (Å²) in [7, 11) is 0. The lowest BCUT2D eigenvalue weighted by molar-refractivity contribution is 0.538. The lowest BCUT2D eigenvalue weighted by Crippen LogP contribution is -1.97. The van der Waals surface area contributed by atoms with Gasteiger partial charge < -0.3 is 9.54 Å². The van der Waals surface area contributed by atoms with Crippen molar-refractivity contribution in [1.82, 2.24) is 9.97 Å². The van der Waals surface area contributed by atoms with Crippen LogP contribution in [0.2, 0.25) is 0 Å². The first-order valence-electron chi connectivity index (χ1n) is 9.62. The summed E-state index contributed by atoms with van der Waals surface area (Å²) in [5.41, 5.74) is 6.86. The number of rotatable bonds is 4. The third-order valence-electron chi connectivity index (χ3n) is 5.00. The first kappa shape index (κ1) is 21.8. The monoisotopic (exact) mass is 424 g/mol. The number of nitrogens with two attached hydrogens (primary N) is 1. The molecular formula is C23H23FN3O2S-. The number of aromatic nitrogens is 2. The number of aryl methyl sites for hydroxylation is 1. The highest BCUT2D eigenvalue weighted by Gasteiger charge is 2.12. The molecule has 2 heterocycles. The molecule has 2 aromatic heterocycles. The van der Waals surface area contributed by atoms with Crippen LogP contribution in [0.4, 0.5) is 4.39 Å². The van der Waals surface area contributed by atoms with E-state index in [0.29, 0.717) is 5.56 Å². The molecule has 0 radical (unpaired) electrons. The van der Waals surface area contributed by atoms with Crippen molar-refractivity contribution in [3.63, 3.8) is 0 Å². The number of fused-ring (bicyclic) bond motifs is 1. The molecule has 156 valence electrons. The highest BCUT2D eigenvalue weighted by atomic mass is 32.2. The van der Waals surface area contributed by atoms with Crippen molar-refractivity contribution in [2.24, 2.45) is 5.14 Å². The van der Waals surface area contributed by atoms with Gasteiger partial charge in [0.25, 0.3) is 0 Å². The zero-order chi connectivity index (χ0) is 21.7. The van der Waals surface area contributed by atoms with Gasteiger partial charge in [-0.25, -0.2) is 9.37 Å². The normalized spacial score (nSPS) is 11.8. The third kappa shape index (κ3) is 4.81. The Morgan fingerprint density at radius 2 is 1.83 bits per heavy atom. The van der Waals surface area contributed by atoms with Crippen LogP contribution in [0.5, 0.6) is 0 Å². The van der Waals surface area contributed by atoms with Gasteiger partial charge in [-0.2, -0.15) is 0 Å². The van der Waals surface area contributed by atoms with Gasteiger partial charge in [-0.1, -0.05) is 44.2 Å². The van der Waals surface area contributed by atoms with E-state index < -0.39 is 11.3 Å². The van der Waals surface area contributed by atoms with Crippen molar-refractivity contribution >= 4 is 22.3 Å². The van der Waals surface area contributed by atoms with Crippen molar-refractivity contribution in [2.75, 3.05) is 0 Å². The molecule has 0 aliphatic carbocycles. The second-order valence-corrected chi connectivity index (χ2v) is 7.27. The first-order valence-corrected chi connectivity index (χ1v) is 10.8. The number of pyridine rings is 1. The third-order valence-corrected chi connectivity index (χ3v) is 5.00. The molecule has 4 rings (SSSR count). The molecule has 4 aromatic rings. The Labute approximate surface area is 177 Å². The fourth-order valence-corrected chi connectivity index (χ4v) is 3.66. The van der Waals surface area contributed by atoms with Gasteiger partial charge in [0.15, 0.2) is 0 Å². The van der Waals surface area contributed by atoms with Crippen molar-refractivity contribution in [3.05, 3.63) is 77.9 Å². The van der Waals surface area contributed by atoms with E-state index in [2.05, 4.69) is 47.2 Å². The molecule has 1 unspecified atom stereocenters. The quantitative estimate of drug-likeness (QED) is 0.456. The fraction of sp³-hybridized carbons (Fsp3) is 0.174. The Bertz CT molecular complexity index is 1190. The van der Waals surface area contributed by atoms with Crippen molar-refractivity contribution in [3.8, 4) is 22.3 Å². The maximum atomic E-state index is 14.9. The largest absolute Gasteiger partial charge is 0.760 e. The Balaban J connectivity index is 0.000000589. The minimum atomic E-state index is -2.36. The van der Waals surface area contributed by atoms with E-state index >= 15 is 0 Å². The lowest BCUT2D eigenvalue weighted by Gasteiger charge is -2.14. The summed E-state index contributed by atoms with van der Waals surface area (Å²) in [5.74, 6) is -0.219. The summed E-state index contributed by atoms with van der Waals surface area (Å²) < 4.78 is 32.5. The van der Waals surface area contributed by atoms with E-state index in [1.807, 2.05) is 30.5 Å². The molecule has 0 saturated carbocycles. The Morgan fingerprint density at radius 1 is 1.07 bits per heavy atom. The van der Waals surface area contributed by atoms with Gasteiger partial charge in [0.05, 0.1) is 0 Å². The molecule has 1 atom stereocenters.